The zero-order valence-corrected chi connectivity index (χ0v) is 9.74. The van der Waals surface area contributed by atoms with Crippen molar-refractivity contribution in [2.45, 2.75) is 19.2 Å². The third-order valence-corrected chi connectivity index (χ3v) is 2.42. The fourth-order valence-corrected chi connectivity index (χ4v) is 1.53. The maximum absolute atomic E-state index is 13.3. The van der Waals surface area contributed by atoms with Crippen LogP contribution in [0.2, 0.25) is 0 Å². The van der Waals surface area contributed by atoms with Crippen LogP contribution in [0.3, 0.4) is 0 Å². The van der Waals surface area contributed by atoms with E-state index in [0.29, 0.717) is 11.8 Å². The van der Waals surface area contributed by atoms with Gasteiger partial charge in [0.1, 0.15) is 11.6 Å². The summed E-state index contributed by atoms with van der Waals surface area (Å²) >= 11 is 3.13. The van der Waals surface area contributed by atoms with E-state index in [4.69, 9.17) is 0 Å². The molecule has 0 bridgehead atoms. The topological polar surface area (TPSA) is 9.23 Å². The molecule has 0 aliphatic carbocycles. The molecule has 0 aromatic heterocycles. The van der Waals surface area contributed by atoms with Crippen molar-refractivity contribution < 1.29 is 22.3 Å². The number of alkyl halides is 4. The molecule has 0 saturated heterocycles. The molecule has 0 saturated carbocycles. The molecule has 6 heteroatoms. The minimum Gasteiger partial charge on any atom is -0.405 e. The van der Waals surface area contributed by atoms with Gasteiger partial charge >= 0.3 is 6.36 Å². The van der Waals surface area contributed by atoms with Crippen LogP contribution in [0, 0.1) is 5.82 Å². The van der Waals surface area contributed by atoms with Crippen molar-refractivity contribution in [2.24, 2.45) is 0 Å². The van der Waals surface area contributed by atoms with Crippen molar-refractivity contribution in [1.82, 2.24) is 0 Å². The Labute approximate surface area is 98.5 Å². The molecular formula is C10H9BrF4O. The van der Waals surface area contributed by atoms with Crippen molar-refractivity contribution in [1.29, 1.82) is 0 Å². The molecule has 90 valence electrons. The maximum atomic E-state index is 13.3. The summed E-state index contributed by atoms with van der Waals surface area (Å²) in [6, 6.07) is 3.42. The summed E-state index contributed by atoms with van der Waals surface area (Å²) in [5.74, 6) is -1.14. The van der Waals surface area contributed by atoms with Crippen LogP contribution in [-0.4, -0.2) is 11.7 Å². The molecule has 1 rings (SSSR count). The molecule has 1 aromatic carbocycles. The second-order valence-corrected chi connectivity index (χ2v) is 3.85. The summed E-state index contributed by atoms with van der Waals surface area (Å²) in [6.07, 6.45) is -4.06. The highest BCUT2D eigenvalue weighted by atomic mass is 79.9. The van der Waals surface area contributed by atoms with Gasteiger partial charge in [0.15, 0.2) is 0 Å². The molecule has 0 heterocycles. The standard InChI is InChI=1S/C10H9BrF4O/c11-6-2-3-7-8(12)4-1-5-9(7)16-10(13,14)15/h1,4-5H,2-3,6H2. The lowest BCUT2D eigenvalue weighted by atomic mass is 10.1. The van der Waals surface area contributed by atoms with Crippen LogP contribution in [-0.2, 0) is 6.42 Å². The van der Waals surface area contributed by atoms with Crippen molar-refractivity contribution in [2.75, 3.05) is 5.33 Å². The highest BCUT2D eigenvalue weighted by Crippen LogP contribution is 2.28. The van der Waals surface area contributed by atoms with Crippen LogP contribution in [0.25, 0.3) is 0 Å². The van der Waals surface area contributed by atoms with Gasteiger partial charge in [0.2, 0.25) is 0 Å². The first-order valence-corrected chi connectivity index (χ1v) is 5.65. The molecule has 0 spiro atoms. The molecule has 0 amide bonds. The van der Waals surface area contributed by atoms with E-state index in [1.165, 1.54) is 6.07 Å². The zero-order chi connectivity index (χ0) is 12.2. The second kappa shape index (κ2) is 5.52. The lowest BCUT2D eigenvalue weighted by molar-refractivity contribution is -0.275. The van der Waals surface area contributed by atoms with Gasteiger partial charge in [0.25, 0.3) is 0 Å². The highest BCUT2D eigenvalue weighted by molar-refractivity contribution is 9.09. The van der Waals surface area contributed by atoms with E-state index in [2.05, 4.69) is 20.7 Å². The van der Waals surface area contributed by atoms with E-state index in [9.17, 15) is 17.6 Å². The molecule has 1 aromatic rings. The van der Waals surface area contributed by atoms with E-state index in [-0.39, 0.29) is 12.0 Å². The number of hydrogen-bond donors (Lipinski definition) is 0. The smallest absolute Gasteiger partial charge is 0.405 e. The number of ether oxygens (including phenoxy) is 1. The Balaban J connectivity index is 2.93. The van der Waals surface area contributed by atoms with Crippen molar-refractivity contribution in [3.8, 4) is 5.75 Å². The molecule has 0 aliphatic heterocycles. The Morgan fingerprint density at radius 1 is 1.25 bits per heavy atom. The molecular weight excluding hydrogens is 292 g/mol. The first-order chi connectivity index (χ1) is 7.44. The zero-order valence-electron chi connectivity index (χ0n) is 8.15. The number of rotatable bonds is 4. The molecule has 0 atom stereocenters. The number of benzene rings is 1. The molecule has 16 heavy (non-hydrogen) atoms. The van der Waals surface area contributed by atoms with E-state index in [1.54, 1.807) is 0 Å². The summed E-state index contributed by atoms with van der Waals surface area (Å²) < 4.78 is 53.1. The van der Waals surface area contributed by atoms with Crippen LogP contribution in [0.1, 0.15) is 12.0 Å². The summed E-state index contributed by atoms with van der Waals surface area (Å²) in [5, 5.41) is 0.590. The summed E-state index contributed by atoms with van der Waals surface area (Å²) in [7, 11) is 0. The summed E-state index contributed by atoms with van der Waals surface area (Å²) in [6.45, 7) is 0. The van der Waals surface area contributed by atoms with Crippen molar-refractivity contribution in [3.63, 3.8) is 0 Å². The largest absolute Gasteiger partial charge is 0.573 e. The predicted octanol–water partition coefficient (Wildman–Crippen LogP) is 4.05. The first kappa shape index (κ1) is 13.3. The molecule has 0 unspecified atom stereocenters. The molecule has 0 aliphatic rings. The average Bonchev–Trinajstić information content (AvgIpc) is 2.14. The van der Waals surface area contributed by atoms with Gasteiger partial charge in [-0.2, -0.15) is 0 Å². The molecule has 0 radical (unpaired) electrons. The Morgan fingerprint density at radius 2 is 1.94 bits per heavy atom. The number of hydrogen-bond acceptors (Lipinski definition) is 1. The van der Waals surface area contributed by atoms with Crippen molar-refractivity contribution >= 4 is 15.9 Å². The minimum absolute atomic E-state index is 0.0423. The lowest BCUT2D eigenvalue weighted by Crippen LogP contribution is -2.18. The van der Waals surface area contributed by atoms with Crippen LogP contribution in [0.4, 0.5) is 17.6 Å². The molecule has 1 nitrogen and oxygen atoms in total. The van der Waals surface area contributed by atoms with Gasteiger partial charge in [-0.05, 0) is 25.0 Å². The lowest BCUT2D eigenvalue weighted by Gasteiger charge is -2.13. The number of halogens is 5. The molecule has 0 N–H and O–H groups in total. The van der Waals surface area contributed by atoms with Crippen LogP contribution in [0.5, 0.6) is 5.75 Å². The Bertz CT molecular complexity index is 351. The van der Waals surface area contributed by atoms with Crippen LogP contribution < -0.4 is 4.74 Å². The summed E-state index contributed by atoms with van der Waals surface area (Å²) in [4.78, 5) is 0. The van der Waals surface area contributed by atoms with Gasteiger partial charge < -0.3 is 4.74 Å². The van der Waals surface area contributed by atoms with E-state index in [1.807, 2.05) is 0 Å². The third-order valence-electron chi connectivity index (χ3n) is 1.86. The predicted molar refractivity (Wildman–Crippen MR) is 55.2 cm³/mol. The van der Waals surface area contributed by atoms with E-state index >= 15 is 0 Å². The fourth-order valence-electron chi connectivity index (χ4n) is 1.25. The van der Waals surface area contributed by atoms with Gasteiger partial charge in [0.05, 0.1) is 0 Å². The SMILES string of the molecule is Fc1cccc(OC(F)(F)F)c1CCCBr. The van der Waals surface area contributed by atoms with Crippen LogP contribution in [0.15, 0.2) is 18.2 Å². The first-order valence-electron chi connectivity index (χ1n) is 4.53. The quantitative estimate of drug-likeness (QED) is 0.602. The minimum atomic E-state index is -4.79. The highest BCUT2D eigenvalue weighted by Gasteiger charge is 2.32. The van der Waals surface area contributed by atoms with Gasteiger partial charge in [-0.15, -0.1) is 13.2 Å². The van der Waals surface area contributed by atoms with E-state index in [0.717, 1.165) is 12.1 Å². The van der Waals surface area contributed by atoms with E-state index < -0.39 is 17.9 Å². The van der Waals surface area contributed by atoms with Crippen LogP contribution >= 0.6 is 15.9 Å². The normalized spacial score (nSPS) is 11.6. The maximum Gasteiger partial charge on any atom is 0.573 e. The Kier molecular flexibility index (Phi) is 4.58. The van der Waals surface area contributed by atoms with Gasteiger partial charge in [-0.3, -0.25) is 0 Å². The van der Waals surface area contributed by atoms with Gasteiger partial charge in [0, 0.05) is 10.9 Å². The Morgan fingerprint density at radius 3 is 2.50 bits per heavy atom. The second-order valence-electron chi connectivity index (χ2n) is 3.06. The third kappa shape index (κ3) is 4.00. The summed E-state index contributed by atoms with van der Waals surface area (Å²) in [5.41, 5.74) is -0.0423. The van der Waals surface area contributed by atoms with Gasteiger partial charge in [-0.1, -0.05) is 22.0 Å². The monoisotopic (exact) mass is 300 g/mol. The van der Waals surface area contributed by atoms with Crippen molar-refractivity contribution in [3.05, 3.63) is 29.6 Å². The average molecular weight is 301 g/mol. The molecule has 0 fully saturated rings. The van der Waals surface area contributed by atoms with Gasteiger partial charge in [-0.25, -0.2) is 4.39 Å². The Hall–Kier alpha value is -0.780. The fraction of sp³-hybridized carbons (Fsp3) is 0.400.